The summed E-state index contributed by atoms with van der Waals surface area (Å²) in [5.41, 5.74) is 4.43. The molecule has 10 nitrogen and oxygen atoms in total. The molecule has 12 heteroatoms. The molecule has 0 spiro atoms. The SMILES string of the molecule is Cc1ccc(S(=O)(=O)n2ccc3c(-c4cc(CS(C)(=O)=O)ccc4NCc4ccccc4OCc4ccccn4)cn(C)c(=O)c32)cc1. The maximum atomic E-state index is 13.8. The van der Waals surface area contributed by atoms with E-state index < -0.39 is 25.4 Å². The Hall–Kier alpha value is -5.20. The molecule has 6 aromatic rings. The molecule has 0 saturated carbocycles. The molecule has 0 aliphatic heterocycles. The van der Waals surface area contributed by atoms with E-state index in [2.05, 4.69) is 10.3 Å². The topological polar surface area (TPSA) is 129 Å². The summed E-state index contributed by atoms with van der Waals surface area (Å²) >= 11 is 0. The fraction of sp³-hybridized carbons (Fsp3) is 0.167. The number of nitrogens with zero attached hydrogens (tertiary/aromatic N) is 3. The molecule has 3 heterocycles. The number of benzene rings is 3. The number of sulfone groups is 1. The molecule has 0 atom stereocenters. The van der Waals surface area contributed by atoms with Crippen molar-refractivity contribution in [2.24, 2.45) is 7.05 Å². The summed E-state index contributed by atoms with van der Waals surface area (Å²) < 4.78 is 60.5. The normalized spacial score (nSPS) is 11.9. The monoisotopic (exact) mass is 682 g/mol. The second-order valence-electron chi connectivity index (χ2n) is 11.7. The maximum Gasteiger partial charge on any atom is 0.275 e. The van der Waals surface area contributed by atoms with Crippen LogP contribution in [0.15, 0.2) is 119 Å². The quantitative estimate of drug-likeness (QED) is 0.185. The summed E-state index contributed by atoms with van der Waals surface area (Å²) in [6.45, 7) is 2.51. The van der Waals surface area contributed by atoms with E-state index in [1.807, 2.05) is 49.4 Å². The lowest BCUT2D eigenvalue weighted by Crippen LogP contribution is -2.22. The lowest BCUT2D eigenvalue weighted by Gasteiger charge is -2.17. The molecule has 1 N–H and O–H groups in total. The fourth-order valence-electron chi connectivity index (χ4n) is 5.55. The number of fused-ring (bicyclic) bond motifs is 1. The maximum absolute atomic E-state index is 13.8. The Morgan fingerprint density at radius 2 is 1.62 bits per heavy atom. The van der Waals surface area contributed by atoms with Gasteiger partial charge in [-0.3, -0.25) is 9.78 Å². The first-order chi connectivity index (χ1) is 22.9. The van der Waals surface area contributed by atoms with Gasteiger partial charge in [-0.1, -0.05) is 48.0 Å². The van der Waals surface area contributed by atoms with Crippen molar-refractivity contribution in [1.29, 1.82) is 0 Å². The van der Waals surface area contributed by atoms with Crippen molar-refractivity contribution in [3.63, 3.8) is 0 Å². The van der Waals surface area contributed by atoms with Crippen LogP contribution in [0.5, 0.6) is 5.75 Å². The number of aromatic nitrogens is 3. The molecule has 0 radical (unpaired) electrons. The van der Waals surface area contributed by atoms with Crippen LogP contribution in [0.1, 0.15) is 22.4 Å². The number of hydrogen-bond donors (Lipinski definition) is 1. The number of aryl methyl sites for hydroxylation is 2. The van der Waals surface area contributed by atoms with Gasteiger partial charge >= 0.3 is 0 Å². The molecule has 0 fully saturated rings. The van der Waals surface area contributed by atoms with E-state index in [9.17, 15) is 21.6 Å². The van der Waals surface area contributed by atoms with Gasteiger partial charge in [0, 0.05) is 66.2 Å². The van der Waals surface area contributed by atoms with Crippen LogP contribution in [0.2, 0.25) is 0 Å². The third-order valence-corrected chi connectivity index (χ3v) is 10.5. The smallest absolute Gasteiger partial charge is 0.275 e. The van der Waals surface area contributed by atoms with E-state index in [-0.39, 0.29) is 16.2 Å². The van der Waals surface area contributed by atoms with Crippen LogP contribution in [-0.2, 0) is 45.8 Å². The largest absolute Gasteiger partial charge is 0.487 e. The highest BCUT2D eigenvalue weighted by molar-refractivity contribution is 7.90. The van der Waals surface area contributed by atoms with Gasteiger partial charge in [-0.15, -0.1) is 0 Å². The highest BCUT2D eigenvalue weighted by Gasteiger charge is 2.24. The zero-order valence-electron chi connectivity index (χ0n) is 26.6. The van der Waals surface area contributed by atoms with Crippen molar-refractivity contribution in [3.8, 4) is 16.9 Å². The summed E-state index contributed by atoms with van der Waals surface area (Å²) in [6.07, 6.45) is 5.90. The molecule has 0 amide bonds. The van der Waals surface area contributed by atoms with Crippen molar-refractivity contribution >= 4 is 36.5 Å². The summed E-state index contributed by atoms with van der Waals surface area (Å²) in [7, 11) is -5.91. The van der Waals surface area contributed by atoms with Crippen molar-refractivity contribution in [2.75, 3.05) is 11.6 Å². The van der Waals surface area contributed by atoms with Gasteiger partial charge < -0.3 is 14.6 Å². The van der Waals surface area contributed by atoms with E-state index in [4.69, 9.17) is 4.74 Å². The minimum atomic E-state index is -4.11. The van der Waals surface area contributed by atoms with Crippen LogP contribution < -0.4 is 15.6 Å². The number of ether oxygens (including phenoxy) is 1. The number of para-hydroxylation sites is 1. The third-order valence-electron chi connectivity index (χ3n) is 7.91. The highest BCUT2D eigenvalue weighted by atomic mass is 32.2. The summed E-state index contributed by atoms with van der Waals surface area (Å²) in [6, 6.07) is 26.6. The Bertz CT molecular complexity index is 2400. The molecule has 48 heavy (non-hydrogen) atoms. The van der Waals surface area contributed by atoms with Crippen LogP contribution in [0.25, 0.3) is 22.0 Å². The molecule has 0 bridgehead atoms. The van der Waals surface area contributed by atoms with Crippen LogP contribution in [0, 0.1) is 6.92 Å². The Labute approximate surface area is 279 Å². The average molecular weight is 683 g/mol. The van der Waals surface area contributed by atoms with E-state index in [1.165, 1.54) is 29.2 Å². The van der Waals surface area contributed by atoms with Gasteiger partial charge in [0.25, 0.3) is 15.6 Å². The molecule has 0 saturated heterocycles. The first kappa shape index (κ1) is 32.7. The number of hydrogen-bond acceptors (Lipinski definition) is 8. The molecular formula is C36H34N4O6S2. The van der Waals surface area contributed by atoms with Gasteiger partial charge in [-0.25, -0.2) is 20.8 Å². The Balaban J connectivity index is 1.43. The predicted molar refractivity (Wildman–Crippen MR) is 187 cm³/mol. The average Bonchev–Trinajstić information content (AvgIpc) is 3.52. The highest BCUT2D eigenvalue weighted by Crippen LogP contribution is 2.36. The van der Waals surface area contributed by atoms with Gasteiger partial charge in [-0.2, -0.15) is 0 Å². The Morgan fingerprint density at radius 3 is 2.35 bits per heavy atom. The van der Waals surface area contributed by atoms with Gasteiger partial charge in [0.1, 0.15) is 17.9 Å². The lowest BCUT2D eigenvalue weighted by atomic mass is 9.99. The van der Waals surface area contributed by atoms with Crippen molar-refractivity contribution in [3.05, 3.63) is 142 Å². The molecule has 6 rings (SSSR count). The summed E-state index contributed by atoms with van der Waals surface area (Å²) in [4.78, 5) is 17.9. The Morgan fingerprint density at radius 1 is 0.875 bits per heavy atom. The molecular weight excluding hydrogens is 649 g/mol. The summed E-state index contributed by atoms with van der Waals surface area (Å²) in [5.74, 6) is 0.483. The predicted octanol–water partition coefficient (Wildman–Crippen LogP) is 5.68. The van der Waals surface area contributed by atoms with Crippen LogP contribution in [-0.4, -0.2) is 36.6 Å². The first-order valence-electron chi connectivity index (χ1n) is 15.1. The molecule has 3 aromatic carbocycles. The molecule has 0 unspecified atom stereocenters. The standard InChI is InChI=1S/C36H34N4O6S2/c1-25-11-14-29(15-12-25)48(44,45)40-19-17-30-32(22-39(2)36(41)35(30)40)31-20-26(24-47(3,42)43)13-16-33(31)38-21-27-8-4-5-10-34(27)46-23-28-9-6-7-18-37-28/h4-20,22,38H,21,23-24H2,1-3H3. The first-order valence-corrected chi connectivity index (χ1v) is 18.6. The molecule has 0 aliphatic carbocycles. The van der Waals surface area contributed by atoms with Crippen LogP contribution >= 0.6 is 0 Å². The Kier molecular flexibility index (Phi) is 8.95. The van der Waals surface area contributed by atoms with Crippen molar-refractivity contribution < 1.29 is 21.6 Å². The van der Waals surface area contributed by atoms with E-state index >= 15 is 0 Å². The number of rotatable bonds is 11. The second-order valence-corrected chi connectivity index (χ2v) is 15.6. The zero-order chi connectivity index (χ0) is 34.1. The zero-order valence-corrected chi connectivity index (χ0v) is 28.3. The second kappa shape index (κ2) is 13.1. The number of anilines is 1. The molecule has 0 aliphatic rings. The van der Waals surface area contributed by atoms with Gasteiger partial charge in [0.2, 0.25) is 0 Å². The minimum Gasteiger partial charge on any atom is -0.487 e. The van der Waals surface area contributed by atoms with Crippen molar-refractivity contribution in [2.45, 2.75) is 30.7 Å². The van der Waals surface area contributed by atoms with E-state index in [0.29, 0.717) is 46.7 Å². The van der Waals surface area contributed by atoms with Gasteiger partial charge in [-0.05, 0) is 61.0 Å². The summed E-state index contributed by atoms with van der Waals surface area (Å²) in [5, 5.41) is 3.88. The van der Waals surface area contributed by atoms with Crippen LogP contribution in [0.3, 0.4) is 0 Å². The number of pyridine rings is 2. The molecule has 246 valence electrons. The number of nitrogens with one attached hydrogen (secondary N) is 1. The van der Waals surface area contributed by atoms with E-state index in [0.717, 1.165) is 20.8 Å². The lowest BCUT2D eigenvalue weighted by molar-refractivity contribution is 0.298. The minimum absolute atomic E-state index is 0.0108. The third kappa shape index (κ3) is 6.90. The van der Waals surface area contributed by atoms with Gasteiger partial charge in [0.15, 0.2) is 9.84 Å². The molecule has 3 aromatic heterocycles. The van der Waals surface area contributed by atoms with Crippen molar-refractivity contribution in [1.82, 2.24) is 13.5 Å². The van der Waals surface area contributed by atoms with Gasteiger partial charge in [0.05, 0.1) is 16.3 Å². The van der Waals surface area contributed by atoms with E-state index in [1.54, 1.807) is 55.8 Å². The fourth-order valence-corrected chi connectivity index (χ4v) is 7.68. The van der Waals surface area contributed by atoms with Crippen LogP contribution in [0.4, 0.5) is 5.69 Å².